The second-order valence-corrected chi connectivity index (χ2v) is 3.65. The minimum atomic E-state index is 0. The van der Waals surface area contributed by atoms with E-state index in [4.69, 9.17) is 4.74 Å². The molecule has 4 heteroatoms. The predicted octanol–water partition coefficient (Wildman–Crippen LogP) is -2.03. The van der Waals surface area contributed by atoms with Crippen LogP contribution in [0.5, 0.6) is 0 Å². The van der Waals surface area contributed by atoms with E-state index in [1.807, 2.05) is 25.1 Å². The number of rotatable bonds is 6. The average molecular weight is 243 g/mol. The molecular formula is C12H19ClN2O. The monoisotopic (exact) mass is 242 g/mol. The molecule has 1 rings (SSSR count). The number of hydrogen-bond acceptors (Lipinski definition) is 3. The molecule has 1 aliphatic rings. The Kier molecular flexibility index (Phi) is 7.86. The van der Waals surface area contributed by atoms with Gasteiger partial charge in [-0.15, -0.1) is 0 Å². The normalized spacial score (nSPS) is 13.4. The number of methoxy groups -OCH3 is 1. The maximum absolute atomic E-state index is 4.95. The summed E-state index contributed by atoms with van der Waals surface area (Å²) < 4.78 is 4.95. The number of halogens is 1. The zero-order valence-electron chi connectivity index (χ0n) is 10.1. The van der Waals surface area contributed by atoms with Crippen LogP contribution < -0.4 is 17.7 Å². The van der Waals surface area contributed by atoms with Crippen molar-refractivity contribution in [1.29, 1.82) is 0 Å². The topological polar surface area (TPSA) is 24.5 Å². The molecule has 1 N–H and O–H groups in total. The van der Waals surface area contributed by atoms with E-state index in [9.17, 15) is 0 Å². The van der Waals surface area contributed by atoms with Crippen molar-refractivity contribution < 1.29 is 17.1 Å². The third-order valence-electron chi connectivity index (χ3n) is 2.15. The second kappa shape index (κ2) is 8.31. The Morgan fingerprint density at radius 2 is 2.12 bits per heavy atom. The number of hydrogen-bond donors (Lipinski definition) is 1. The summed E-state index contributed by atoms with van der Waals surface area (Å²) in [5, 5.41) is 3.29. The lowest BCUT2D eigenvalue weighted by atomic mass is 10.1. The second-order valence-electron chi connectivity index (χ2n) is 3.65. The van der Waals surface area contributed by atoms with Crippen LogP contribution in [0, 0.1) is 6.08 Å². The lowest BCUT2D eigenvalue weighted by Crippen LogP contribution is -3.00. The maximum atomic E-state index is 4.95. The summed E-state index contributed by atoms with van der Waals surface area (Å²) in [5.41, 5.74) is 2.35. The molecule has 0 atom stereocenters. The highest BCUT2D eigenvalue weighted by Crippen LogP contribution is 2.09. The Bertz CT molecular complexity index is 283. The molecule has 0 radical (unpaired) electrons. The summed E-state index contributed by atoms with van der Waals surface area (Å²) in [4.78, 5) is 2.04. The van der Waals surface area contributed by atoms with Crippen LogP contribution in [0.25, 0.3) is 0 Å². The Hall–Kier alpha value is -0.860. The first-order chi connectivity index (χ1) is 7.24. The number of nitrogens with one attached hydrogen (secondary N) is 1. The van der Waals surface area contributed by atoms with Crippen molar-refractivity contribution in [3.63, 3.8) is 0 Å². The number of allylic oxidation sites excluding steroid dienone is 3. The van der Waals surface area contributed by atoms with Gasteiger partial charge in [-0.2, -0.15) is 0 Å². The van der Waals surface area contributed by atoms with Crippen LogP contribution in [0.4, 0.5) is 0 Å². The molecule has 0 saturated heterocycles. The molecule has 0 bridgehead atoms. The molecule has 0 aliphatic heterocycles. The van der Waals surface area contributed by atoms with Gasteiger partial charge in [-0.05, 0) is 0 Å². The van der Waals surface area contributed by atoms with Gasteiger partial charge >= 0.3 is 0 Å². The van der Waals surface area contributed by atoms with Crippen LogP contribution >= 0.6 is 0 Å². The number of ether oxygens (including phenoxy) is 1. The average Bonchev–Trinajstić information content (AvgIpc) is 2.25. The lowest BCUT2D eigenvalue weighted by molar-refractivity contribution is -0.00000354. The maximum Gasteiger partial charge on any atom is 0.205 e. The third kappa shape index (κ3) is 5.29. The summed E-state index contributed by atoms with van der Waals surface area (Å²) in [6, 6.07) is 0. The van der Waals surface area contributed by atoms with Crippen LogP contribution in [0.1, 0.15) is 0 Å². The molecule has 0 fully saturated rings. The van der Waals surface area contributed by atoms with E-state index in [0.29, 0.717) is 0 Å². The fourth-order valence-corrected chi connectivity index (χ4v) is 1.24. The molecule has 0 unspecified atom stereocenters. The molecule has 0 aromatic rings. The third-order valence-corrected chi connectivity index (χ3v) is 2.15. The number of nitrogens with zero attached hydrogens (tertiary/aromatic N) is 1. The molecule has 0 aromatic heterocycles. The zero-order chi connectivity index (χ0) is 11.1. The van der Waals surface area contributed by atoms with Crippen LogP contribution in [0.15, 0.2) is 29.5 Å². The fourth-order valence-electron chi connectivity index (χ4n) is 1.24. The molecule has 0 aromatic carbocycles. The Morgan fingerprint density at radius 3 is 2.62 bits per heavy atom. The van der Waals surface area contributed by atoms with Crippen molar-refractivity contribution >= 4 is 0 Å². The van der Waals surface area contributed by atoms with Crippen molar-refractivity contribution in [2.24, 2.45) is 0 Å². The van der Waals surface area contributed by atoms with E-state index in [1.54, 1.807) is 7.11 Å². The SMILES string of the molecule is COCCNCC1=C[C+]=C(N(C)C)C=C1.[Cl-]. The van der Waals surface area contributed by atoms with Gasteiger partial charge < -0.3 is 22.0 Å². The standard InChI is InChI=1S/C12H19N2O.ClH/c1-14(2)12-6-4-11(5-7-12)10-13-8-9-15-3;/h4-6,13H,8-10H2,1-3H3;1H/q+1;/p-1. The molecule has 0 amide bonds. The van der Waals surface area contributed by atoms with E-state index < -0.39 is 0 Å². The largest absolute Gasteiger partial charge is 1.00 e. The molecular weight excluding hydrogens is 224 g/mol. The van der Waals surface area contributed by atoms with Crippen molar-refractivity contribution in [3.8, 4) is 0 Å². The smallest absolute Gasteiger partial charge is 0.205 e. The van der Waals surface area contributed by atoms with Crippen LogP contribution in [0.3, 0.4) is 0 Å². The highest BCUT2D eigenvalue weighted by Gasteiger charge is 2.10. The van der Waals surface area contributed by atoms with Gasteiger partial charge in [0.15, 0.2) is 0 Å². The summed E-state index contributed by atoms with van der Waals surface area (Å²) in [6.07, 6.45) is 9.45. The van der Waals surface area contributed by atoms with Crippen LogP contribution in [-0.4, -0.2) is 45.8 Å². The van der Waals surface area contributed by atoms with Gasteiger partial charge in [-0.25, -0.2) is 0 Å². The Balaban J connectivity index is 0.00000225. The fraction of sp³-hybridized carbons (Fsp3) is 0.500. The van der Waals surface area contributed by atoms with E-state index in [0.717, 1.165) is 25.4 Å². The molecule has 1 aliphatic carbocycles. The molecule has 0 saturated carbocycles. The van der Waals surface area contributed by atoms with Gasteiger partial charge in [-0.3, -0.25) is 5.32 Å². The first-order valence-corrected chi connectivity index (χ1v) is 5.11. The van der Waals surface area contributed by atoms with Gasteiger partial charge in [-0.1, -0.05) is 0 Å². The zero-order valence-corrected chi connectivity index (χ0v) is 10.8. The highest BCUT2D eigenvalue weighted by atomic mass is 35.5. The van der Waals surface area contributed by atoms with Gasteiger partial charge in [0.25, 0.3) is 0 Å². The van der Waals surface area contributed by atoms with Crippen molar-refractivity contribution in [2.45, 2.75) is 0 Å². The Labute approximate surface area is 104 Å². The number of likely N-dealkylation sites (N-methyl/N-ethyl adjacent to an activating group) is 1. The minimum absolute atomic E-state index is 0. The molecule has 0 spiro atoms. The van der Waals surface area contributed by atoms with E-state index in [2.05, 4.69) is 23.5 Å². The van der Waals surface area contributed by atoms with E-state index >= 15 is 0 Å². The van der Waals surface area contributed by atoms with E-state index in [-0.39, 0.29) is 12.4 Å². The first-order valence-electron chi connectivity index (χ1n) is 5.11. The molecule has 0 heterocycles. The van der Waals surface area contributed by atoms with Gasteiger partial charge in [0.2, 0.25) is 5.70 Å². The van der Waals surface area contributed by atoms with Gasteiger partial charge in [0, 0.05) is 27.7 Å². The van der Waals surface area contributed by atoms with Crippen LogP contribution in [0.2, 0.25) is 0 Å². The first kappa shape index (κ1) is 15.1. The quantitative estimate of drug-likeness (QED) is 0.430. The minimum Gasteiger partial charge on any atom is -1.00 e. The molecule has 90 valence electrons. The van der Waals surface area contributed by atoms with Crippen LogP contribution in [-0.2, 0) is 4.74 Å². The van der Waals surface area contributed by atoms with E-state index in [1.165, 1.54) is 5.57 Å². The predicted molar refractivity (Wildman–Crippen MR) is 62.4 cm³/mol. The van der Waals surface area contributed by atoms with Gasteiger partial charge in [0.1, 0.15) is 6.08 Å². The van der Waals surface area contributed by atoms with Crippen molar-refractivity contribution in [1.82, 2.24) is 10.2 Å². The molecule has 3 nitrogen and oxygen atoms in total. The summed E-state index contributed by atoms with van der Waals surface area (Å²) in [5.74, 6) is 0. The summed E-state index contributed by atoms with van der Waals surface area (Å²) in [7, 11) is 5.74. The lowest BCUT2D eigenvalue weighted by Gasteiger charge is -2.08. The van der Waals surface area contributed by atoms with Crippen molar-refractivity contribution in [2.75, 3.05) is 40.9 Å². The highest BCUT2D eigenvalue weighted by molar-refractivity contribution is 5.35. The Morgan fingerprint density at radius 1 is 1.38 bits per heavy atom. The molecule has 16 heavy (non-hydrogen) atoms. The summed E-state index contributed by atoms with van der Waals surface area (Å²) in [6.45, 7) is 2.50. The summed E-state index contributed by atoms with van der Waals surface area (Å²) >= 11 is 0. The van der Waals surface area contributed by atoms with Crippen molar-refractivity contribution in [3.05, 3.63) is 35.6 Å². The van der Waals surface area contributed by atoms with Gasteiger partial charge in [0.05, 0.1) is 37.0 Å².